The van der Waals surface area contributed by atoms with E-state index in [1.165, 1.54) is 6.92 Å². The molecule has 138 valence electrons. The standard InChI is InChI=1S/C14H26N4O5S/c1-4-7(2)11(13(21)17-9(6-24)14(22)23)18-12(20)8(3)16-10(19)5-15/h7-9,11,24H,4-6,15H2,1-3H3,(H,16,19)(H,17,21)(H,18,20)(H,22,23). The quantitative estimate of drug-likeness (QED) is 0.260. The fraction of sp³-hybridized carbons (Fsp3) is 0.714. The minimum Gasteiger partial charge on any atom is -0.480 e. The first-order valence-corrected chi connectivity index (χ1v) is 8.24. The molecule has 6 N–H and O–H groups in total. The molecule has 0 aliphatic carbocycles. The fourth-order valence-corrected chi connectivity index (χ4v) is 2.04. The predicted octanol–water partition coefficient (Wildman–Crippen LogP) is -1.52. The lowest BCUT2D eigenvalue weighted by molar-refractivity contribution is -0.142. The Kier molecular flexibility index (Phi) is 10.0. The molecule has 24 heavy (non-hydrogen) atoms. The molecule has 4 atom stereocenters. The van der Waals surface area contributed by atoms with Crippen LogP contribution in [0.1, 0.15) is 27.2 Å². The van der Waals surface area contributed by atoms with Gasteiger partial charge < -0.3 is 26.8 Å². The summed E-state index contributed by atoms with van der Waals surface area (Å²) < 4.78 is 0. The van der Waals surface area contributed by atoms with Crippen LogP contribution in [-0.2, 0) is 19.2 Å². The largest absolute Gasteiger partial charge is 0.480 e. The van der Waals surface area contributed by atoms with Gasteiger partial charge in [-0.15, -0.1) is 0 Å². The van der Waals surface area contributed by atoms with Crippen LogP contribution in [-0.4, -0.2) is 59.2 Å². The molecule has 0 aromatic carbocycles. The molecule has 0 saturated heterocycles. The summed E-state index contributed by atoms with van der Waals surface area (Å²) in [5.41, 5.74) is 5.17. The van der Waals surface area contributed by atoms with Crippen LogP contribution in [0.15, 0.2) is 0 Å². The Balaban J connectivity index is 5.00. The van der Waals surface area contributed by atoms with Gasteiger partial charge in [-0.25, -0.2) is 4.79 Å². The van der Waals surface area contributed by atoms with E-state index in [2.05, 4.69) is 28.6 Å². The van der Waals surface area contributed by atoms with Crippen molar-refractivity contribution in [1.82, 2.24) is 16.0 Å². The molecule has 10 heteroatoms. The van der Waals surface area contributed by atoms with Crippen LogP contribution in [0, 0.1) is 5.92 Å². The van der Waals surface area contributed by atoms with Crippen molar-refractivity contribution in [1.29, 1.82) is 0 Å². The molecule has 0 heterocycles. The van der Waals surface area contributed by atoms with Crippen molar-refractivity contribution in [2.75, 3.05) is 12.3 Å². The highest BCUT2D eigenvalue weighted by Gasteiger charge is 2.30. The van der Waals surface area contributed by atoms with Crippen LogP contribution in [0.2, 0.25) is 0 Å². The van der Waals surface area contributed by atoms with E-state index in [4.69, 9.17) is 10.8 Å². The molecule has 0 radical (unpaired) electrons. The third-order valence-corrected chi connectivity index (χ3v) is 3.91. The lowest BCUT2D eigenvalue weighted by Crippen LogP contribution is -2.57. The van der Waals surface area contributed by atoms with Gasteiger partial charge in [-0.2, -0.15) is 12.6 Å². The highest BCUT2D eigenvalue weighted by atomic mass is 32.1. The first kappa shape index (κ1) is 22.2. The van der Waals surface area contributed by atoms with Gasteiger partial charge in [-0.3, -0.25) is 14.4 Å². The highest BCUT2D eigenvalue weighted by molar-refractivity contribution is 7.80. The molecule has 0 aromatic heterocycles. The highest BCUT2D eigenvalue weighted by Crippen LogP contribution is 2.09. The summed E-state index contributed by atoms with van der Waals surface area (Å²) in [6, 6.07) is -2.96. The van der Waals surface area contributed by atoms with Crippen molar-refractivity contribution in [2.24, 2.45) is 11.7 Å². The van der Waals surface area contributed by atoms with E-state index < -0.39 is 41.8 Å². The predicted molar refractivity (Wildman–Crippen MR) is 91.5 cm³/mol. The number of aliphatic carboxylic acids is 1. The number of rotatable bonds is 10. The van der Waals surface area contributed by atoms with Gasteiger partial charge in [0, 0.05) is 5.75 Å². The molecule has 0 spiro atoms. The Hall–Kier alpha value is -1.81. The topological polar surface area (TPSA) is 151 Å². The minimum atomic E-state index is -1.21. The van der Waals surface area contributed by atoms with Crippen LogP contribution >= 0.6 is 12.6 Å². The van der Waals surface area contributed by atoms with Crippen molar-refractivity contribution >= 4 is 36.3 Å². The van der Waals surface area contributed by atoms with E-state index in [-0.39, 0.29) is 18.2 Å². The van der Waals surface area contributed by atoms with Gasteiger partial charge in [0.05, 0.1) is 6.54 Å². The molecule has 0 fully saturated rings. The Morgan fingerprint density at radius 3 is 2.08 bits per heavy atom. The van der Waals surface area contributed by atoms with E-state index in [0.29, 0.717) is 6.42 Å². The van der Waals surface area contributed by atoms with E-state index in [1.807, 2.05) is 6.92 Å². The number of carbonyl (C=O) groups is 4. The number of hydrogen-bond donors (Lipinski definition) is 6. The molecule has 4 unspecified atom stereocenters. The molecular formula is C14H26N4O5S. The average Bonchev–Trinajstić information content (AvgIpc) is 2.55. The van der Waals surface area contributed by atoms with Crippen molar-refractivity contribution in [3.8, 4) is 0 Å². The minimum absolute atomic E-state index is 0.0782. The smallest absolute Gasteiger partial charge is 0.327 e. The number of nitrogens with two attached hydrogens (primary N) is 1. The second kappa shape index (κ2) is 10.9. The normalized spacial score (nSPS) is 15.5. The van der Waals surface area contributed by atoms with E-state index in [1.54, 1.807) is 6.92 Å². The van der Waals surface area contributed by atoms with Crippen molar-refractivity contribution in [2.45, 2.75) is 45.3 Å². The number of carboxylic acids is 1. The number of nitrogens with one attached hydrogen (secondary N) is 3. The molecule has 3 amide bonds. The summed E-state index contributed by atoms with van der Waals surface area (Å²) in [6.45, 7) is 4.80. The van der Waals surface area contributed by atoms with E-state index in [9.17, 15) is 19.2 Å². The summed E-state index contributed by atoms with van der Waals surface area (Å²) in [7, 11) is 0. The zero-order valence-corrected chi connectivity index (χ0v) is 14.9. The van der Waals surface area contributed by atoms with Gasteiger partial charge in [-0.1, -0.05) is 20.3 Å². The van der Waals surface area contributed by atoms with E-state index in [0.717, 1.165) is 0 Å². The Bertz CT molecular complexity index is 474. The lowest BCUT2D eigenvalue weighted by Gasteiger charge is -2.26. The Morgan fingerprint density at radius 1 is 1.08 bits per heavy atom. The van der Waals surface area contributed by atoms with Crippen LogP contribution in [0.5, 0.6) is 0 Å². The fourth-order valence-electron chi connectivity index (χ4n) is 1.79. The number of amides is 3. The molecule has 0 rings (SSSR count). The first-order valence-electron chi connectivity index (χ1n) is 7.61. The third kappa shape index (κ3) is 7.18. The maximum absolute atomic E-state index is 12.3. The van der Waals surface area contributed by atoms with Crippen LogP contribution in [0.4, 0.5) is 0 Å². The van der Waals surface area contributed by atoms with E-state index >= 15 is 0 Å². The van der Waals surface area contributed by atoms with Crippen molar-refractivity contribution in [3.63, 3.8) is 0 Å². The number of carbonyl (C=O) groups excluding carboxylic acids is 3. The Morgan fingerprint density at radius 2 is 1.67 bits per heavy atom. The van der Waals surface area contributed by atoms with Crippen molar-refractivity contribution in [3.05, 3.63) is 0 Å². The molecule has 0 aromatic rings. The molecule has 0 saturated carbocycles. The molecule has 0 bridgehead atoms. The third-order valence-electron chi connectivity index (χ3n) is 3.55. The molecule has 0 aliphatic heterocycles. The van der Waals surface area contributed by atoms with Gasteiger partial charge in [0.25, 0.3) is 0 Å². The van der Waals surface area contributed by atoms with Gasteiger partial charge in [0.1, 0.15) is 18.1 Å². The van der Waals surface area contributed by atoms with Crippen LogP contribution in [0.3, 0.4) is 0 Å². The second-order valence-electron chi connectivity index (χ2n) is 5.45. The monoisotopic (exact) mass is 362 g/mol. The number of thiol groups is 1. The Labute approximate surface area is 146 Å². The second-order valence-corrected chi connectivity index (χ2v) is 5.81. The summed E-state index contributed by atoms with van der Waals surface area (Å²) in [4.78, 5) is 46.7. The molecule has 0 aliphatic rings. The zero-order valence-electron chi connectivity index (χ0n) is 14.0. The van der Waals surface area contributed by atoms with Gasteiger partial charge >= 0.3 is 5.97 Å². The maximum Gasteiger partial charge on any atom is 0.327 e. The molecular weight excluding hydrogens is 336 g/mol. The number of carboxylic acid groups (broad SMARTS) is 1. The summed E-state index contributed by atoms with van der Waals surface area (Å²) in [5.74, 6) is -3.20. The van der Waals surface area contributed by atoms with Gasteiger partial charge in [0.15, 0.2) is 0 Å². The summed E-state index contributed by atoms with van der Waals surface area (Å²) in [6.07, 6.45) is 0.584. The van der Waals surface area contributed by atoms with Crippen molar-refractivity contribution < 1.29 is 24.3 Å². The lowest BCUT2D eigenvalue weighted by atomic mass is 9.97. The van der Waals surface area contributed by atoms with Crippen LogP contribution < -0.4 is 21.7 Å². The van der Waals surface area contributed by atoms with Gasteiger partial charge in [-0.05, 0) is 12.8 Å². The van der Waals surface area contributed by atoms with Gasteiger partial charge in [0.2, 0.25) is 17.7 Å². The zero-order chi connectivity index (χ0) is 18.9. The SMILES string of the molecule is CCC(C)C(NC(=O)C(C)NC(=O)CN)C(=O)NC(CS)C(=O)O. The maximum atomic E-state index is 12.3. The average molecular weight is 362 g/mol. The summed E-state index contributed by atoms with van der Waals surface area (Å²) >= 11 is 3.88. The molecule has 9 nitrogen and oxygen atoms in total. The number of hydrogen-bond acceptors (Lipinski definition) is 6. The summed E-state index contributed by atoms with van der Waals surface area (Å²) in [5, 5.41) is 16.3. The first-order chi connectivity index (χ1) is 11.2. The van der Waals surface area contributed by atoms with Crippen LogP contribution in [0.25, 0.3) is 0 Å².